The van der Waals surface area contributed by atoms with E-state index in [9.17, 15) is 60.7 Å². The van der Waals surface area contributed by atoms with Crippen molar-refractivity contribution < 1.29 is 66.1 Å². The number of Topliss-reactive ketones (excluding diaryl/α,β-unsaturated/α-hetero) is 2. The Kier molecular flexibility index (Phi) is 8.77. The highest BCUT2D eigenvalue weighted by atomic mass is 16.4. The van der Waals surface area contributed by atoms with Crippen LogP contribution in [0.15, 0.2) is 46.6 Å². The number of fused-ring (bicyclic) bond motifs is 10. The number of aliphatic hydroxyl groups excluding tert-OH is 4. The molecule has 0 aliphatic heterocycles. The van der Waals surface area contributed by atoms with Gasteiger partial charge in [-0.15, -0.1) is 0 Å². The normalized spacial score (nSPS) is 53.5. The standard InChI is InChI=1S/2C20H28O6.H2O/c2*1-9-5-13-18(24,15(9)22)7-11(8-21)6-12-14-17(3,4)20(14,26)16(23)10(2)19(12,13)25;/h2*5-6,10,12-14,16,21,23-26H,7-8H2,1-4H3;1H2/t2*10-,12+,13-,14-,16-,18+,19+,20+;/m11./s1. The van der Waals surface area contributed by atoms with Crippen LogP contribution in [0, 0.1) is 58.2 Å². The second-order valence-electron chi connectivity index (χ2n) is 18.8. The fourth-order valence-corrected chi connectivity index (χ4v) is 12.9. The molecule has 12 N–H and O–H groups in total. The fraction of sp³-hybridized carbons (Fsp3) is 0.750. The fourth-order valence-electron chi connectivity index (χ4n) is 12.9. The molecule has 0 spiro atoms. The van der Waals surface area contributed by atoms with E-state index in [1.165, 1.54) is 0 Å². The van der Waals surface area contributed by atoms with E-state index in [1.54, 1.807) is 52.0 Å². The highest BCUT2D eigenvalue weighted by Gasteiger charge is 2.85. The number of carbonyl (C=O) groups is 2. The number of rotatable bonds is 2. The van der Waals surface area contributed by atoms with Crippen LogP contribution in [0.1, 0.15) is 68.2 Å². The van der Waals surface area contributed by atoms with Crippen molar-refractivity contribution in [3.63, 3.8) is 0 Å². The Bertz CT molecular complexity index is 1630. The summed E-state index contributed by atoms with van der Waals surface area (Å²) in [5, 5.41) is 110. The Balaban J connectivity index is 0.000000178. The van der Waals surface area contributed by atoms with Crippen LogP contribution < -0.4 is 0 Å². The van der Waals surface area contributed by atoms with Crippen LogP contribution in [0.25, 0.3) is 0 Å². The van der Waals surface area contributed by atoms with E-state index in [-0.39, 0.29) is 31.5 Å². The van der Waals surface area contributed by atoms with E-state index in [4.69, 9.17) is 0 Å². The summed E-state index contributed by atoms with van der Waals surface area (Å²) in [6.07, 6.45) is 4.17. The molecule has 8 rings (SSSR count). The topological polar surface area (TPSA) is 268 Å². The summed E-state index contributed by atoms with van der Waals surface area (Å²) in [7, 11) is 0. The zero-order chi connectivity index (χ0) is 38.9. The quantitative estimate of drug-likeness (QED) is 0.153. The third kappa shape index (κ3) is 4.36. The molecule has 0 aromatic carbocycles. The molecule has 16 atom stereocenters. The van der Waals surface area contributed by atoms with Gasteiger partial charge in [0.05, 0.1) is 36.6 Å². The van der Waals surface area contributed by atoms with Crippen molar-refractivity contribution in [2.75, 3.05) is 13.2 Å². The smallest absolute Gasteiger partial charge is 0.190 e. The molecule has 296 valence electrons. The van der Waals surface area contributed by atoms with Crippen LogP contribution >= 0.6 is 0 Å². The Hall–Kier alpha value is -2.14. The highest BCUT2D eigenvalue weighted by molar-refractivity contribution is 6.05. The molecular formula is C40H58O13. The molecule has 8 aliphatic carbocycles. The lowest BCUT2D eigenvalue weighted by Gasteiger charge is -2.51. The lowest BCUT2D eigenvalue weighted by atomic mass is 9.59. The van der Waals surface area contributed by atoms with Gasteiger partial charge in [0.25, 0.3) is 0 Å². The van der Waals surface area contributed by atoms with E-state index >= 15 is 0 Å². The van der Waals surface area contributed by atoms with Crippen molar-refractivity contribution in [3.05, 3.63) is 46.6 Å². The third-order valence-corrected chi connectivity index (χ3v) is 16.1. The average Bonchev–Trinajstić information content (AvgIpc) is 3.68. The van der Waals surface area contributed by atoms with Gasteiger partial charge in [-0.2, -0.15) is 0 Å². The van der Waals surface area contributed by atoms with Gasteiger partial charge in [0.15, 0.2) is 11.6 Å². The molecule has 0 aromatic heterocycles. The largest absolute Gasteiger partial charge is 0.412 e. The van der Waals surface area contributed by atoms with Crippen molar-refractivity contribution in [2.24, 2.45) is 58.2 Å². The molecule has 0 saturated heterocycles. The predicted molar refractivity (Wildman–Crippen MR) is 189 cm³/mol. The van der Waals surface area contributed by atoms with Crippen LogP contribution in [0.4, 0.5) is 0 Å². The SMILES string of the molecule is CC1=C[C@H]2[C@]3(O)[C@H](C)[C@@H](O)[C@@]4(O)[C@H]([C@@H]3C=C(CO)C[C@@]2(O)C1=O)C4(C)C.CC1=C[C@H]2[C@]3(O)[C@H](C)[C@@H](O)[C@@]4(O)[C@H]([C@@H]3C=C(CO)C[C@@]2(O)C1=O)C4(C)C.O. The number of ketones is 2. The summed E-state index contributed by atoms with van der Waals surface area (Å²) >= 11 is 0. The molecule has 13 heteroatoms. The van der Waals surface area contributed by atoms with E-state index in [0.717, 1.165) is 0 Å². The monoisotopic (exact) mass is 746 g/mol. The maximum Gasteiger partial charge on any atom is 0.190 e. The maximum absolute atomic E-state index is 12.7. The molecule has 8 aliphatic rings. The van der Waals surface area contributed by atoms with Crippen molar-refractivity contribution >= 4 is 11.6 Å². The van der Waals surface area contributed by atoms with E-state index in [1.807, 2.05) is 27.7 Å². The number of hydrogen-bond donors (Lipinski definition) is 10. The average molecular weight is 747 g/mol. The number of hydrogen-bond acceptors (Lipinski definition) is 12. The first-order valence-electron chi connectivity index (χ1n) is 18.5. The Morgan fingerprint density at radius 3 is 1.19 bits per heavy atom. The van der Waals surface area contributed by atoms with Gasteiger partial charge in [0.1, 0.15) is 22.4 Å². The zero-order valence-electron chi connectivity index (χ0n) is 31.7. The second kappa shape index (κ2) is 11.5. The van der Waals surface area contributed by atoms with Crippen LogP contribution in [0.5, 0.6) is 0 Å². The van der Waals surface area contributed by atoms with Gasteiger partial charge in [-0.1, -0.05) is 65.8 Å². The van der Waals surface area contributed by atoms with Crippen molar-refractivity contribution in [3.8, 4) is 0 Å². The maximum atomic E-state index is 12.7. The van der Waals surface area contributed by atoms with Gasteiger partial charge in [0, 0.05) is 71.0 Å². The van der Waals surface area contributed by atoms with Crippen molar-refractivity contribution in [2.45, 2.75) is 114 Å². The van der Waals surface area contributed by atoms with Gasteiger partial charge in [-0.25, -0.2) is 0 Å². The first-order chi connectivity index (χ1) is 23.8. The summed E-state index contributed by atoms with van der Waals surface area (Å²) in [6.45, 7) is 13.3. The third-order valence-electron chi connectivity index (χ3n) is 16.1. The molecule has 4 saturated carbocycles. The molecule has 4 fully saturated rings. The summed E-state index contributed by atoms with van der Waals surface area (Å²) in [5.74, 6) is -6.28. The Labute approximate surface area is 309 Å². The molecule has 0 aromatic rings. The molecule has 0 heterocycles. The predicted octanol–water partition coefficient (Wildman–Crippen LogP) is -0.964. The molecule has 53 heavy (non-hydrogen) atoms. The molecule has 0 amide bonds. The van der Waals surface area contributed by atoms with Gasteiger partial charge in [-0.3, -0.25) is 9.59 Å². The molecule has 13 nitrogen and oxygen atoms in total. The van der Waals surface area contributed by atoms with Crippen molar-refractivity contribution in [1.82, 2.24) is 0 Å². The minimum Gasteiger partial charge on any atom is -0.412 e. The zero-order valence-corrected chi connectivity index (χ0v) is 31.7. The Morgan fingerprint density at radius 1 is 0.604 bits per heavy atom. The number of carbonyl (C=O) groups excluding carboxylic acids is 2. The van der Waals surface area contributed by atoms with Gasteiger partial charge >= 0.3 is 0 Å². The minimum atomic E-state index is -1.84. The lowest BCUT2D eigenvalue weighted by Crippen LogP contribution is -2.65. The summed E-state index contributed by atoms with van der Waals surface area (Å²) in [6, 6.07) is 0. The van der Waals surface area contributed by atoms with Gasteiger partial charge < -0.3 is 56.5 Å². The molecule has 0 unspecified atom stereocenters. The molecule has 0 radical (unpaired) electrons. The second-order valence-corrected chi connectivity index (χ2v) is 18.8. The van der Waals surface area contributed by atoms with E-state index < -0.39 is 116 Å². The summed E-state index contributed by atoms with van der Waals surface area (Å²) in [5.41, 5.74) is -9.14. The highest BCUT2D eigenvalue weighted by Crippen LogP contribution is 2.76. The molecular weight excluding hydrogens is 688 g/mol. The van der Waals surface area contributed by atoms with Crippen LogP contribution in [0.3, 0.4) is 0 Å². The summed E-state index contributed by atoms with van der Waals surface area (Å²) in [4.78, 5) is 25.4. The molecule has 0 bridgehead atoms. The van der Waals surface area contributed by atoms with Crippen LogP contribution in [-0.4, -0.2) is 127 Å². The minimum absolute atomic E-state index is 0. The van der Waals surface area contributed by atoms with Crippen molar-refractivity contribution in [1.29, 1.82) is 0 Å². The van der Waals surface area contributed by atoms with Gasteiger partial charge in [0.2, 0.25) is 0 Å². The van der Waals surface area contributed by atoms with E-state index in [2.05, 4.69) is 0 Å². The number of aliphatic hydroxyl groups is 10. The van der Waals surface area contributed by atoms with Gasteiger partial charge in [-0.05, 0) is 36.1 Å². The summed E-state index contributed by atoms with van der Waals surface area (Å²) < 4.78 is 0. The first kappa shape index (κ1) is 40.5. The van der Waals surface area contributed by atoms with Crippen LogP contribution in [-0.2, 0) is 9.59 Å². The van der Waals surface area contributed by atoms with E-state index in [0.29, 0.717) is 22.3 Å². The lowest BCUT2D eigenvalue weighted by molar-refractivity contribution is -0.209. The first-order valence-corrected chi connectivity index (χ1v) is 18.5. The Morgan fingerprint density at radius 2 is 0.906 bits per heavy atom. The van der Waals surface area contributed by atoms with Crippen LogP contribution in [0.2, 0.25) is 0 Å².